The maximum Gasteiger partial charge on any atom is 0.178 e. The predicted octanol–water partition coefficient (Wildman–Crippen LogP) is 4.39. The summed E-state index contributed by atoms with van der Waals surface area (Å²) in [5.41, 5.74) is 6.47. The van der Waals surface area contributed by atoms with E-state index in [0.717, 1.165) is 61.7 Å². The van der Waals surface area contributed by atoms with Gasteiger partial charge in [-0.3, -0.25) is 10.1 Å². The summed E-state index contributed by atoms with van der Waals surface area (Å²) >= 11 is 1.08. The maximum atomic E-state index is 13.6. The van der Waals surface area contributed by atoms with Crippen LogP contribution in [-0.2, 0) is 0 Å². The number of hydrogen-bond donors (Lipinski definition) is 3. The van der Waals surface area contributed by atoms with Gasteiger partial charge in [-0.15, -0.1) is 11.3 Å². The summed E-state index contributed by atoms with van der Waals surface area (Å²) in [7, 11) is 4.00. The van der Waals surface area contributed by atoms with Crippen molar-refractivity contribution in [2.45, 2.75) is 6.92 Å². The summed E-state index contributed by atoms with van der Waals surface area (Å²) < 4.78 is 13.6. The Hall–Kier alpha value is -4.41. The van der Waals surface area contributed by atoms with Crippen LogP contribution >= 0.6 is 11.3 Å². The van der Waals surface area contributed by atoms with E-state index in [1.165, 1.54) is 6.07 Å². The van der Waals surface area contributed by atoms with Gasteiger partial charge in [0.1, 0.15) is 5.69 Å². The molecule has 5 aromatic heterocycles. The number of nitrogens with one attached hydrogen (secondary N) is 3. The lowest BCUT2D eigenvalue weighted by Crippen LogP contribution is -2.21. The number of nitrogens with zero attached hydrogens (tertiary/aromatic N) is 5. The second kappa shape index (κ2) is 10.5. The molecule has 0 spiro atoms. The Labute approximate surface area is 223 Å². The molecule has 8 nitrogen and oxygen atoms in total. The number of H-pyrrole nitrogens is 2. The normalized spacial score (nSPS) is 12.6. The molecule has 0 bridgehead atoms. The Morgan fingerprint density at radius 3 is 2.84 bits per heavy atom. The van der Waals surface area contributed by atoms with Crippen molar-refractivity contribution < 1.29 is 4.39 Å². The number of imidazole rings is 1. The first-order valence-electron chi connectivity index (χ1n) is 11.9. The van der Waals surface area contributed by atoms with Crippen LogP contribution in [0, 0.1) is 5.13 Å². The molecule has 38 heavy (non-hydrogen) atoms. The number of halogens is 1. The average Bonchev–Trinajstić information content (AvgIpc) is 3.60. The Kier molecular flexibility index (Phi) is 6.99. The predicted molar refractivity (Wildman–Crippen MR) is 153 cm³/mol. The van der Waals surface area contributed by atoms with Gasteiger partial charge in [-0.1, -0.05) is 19.2 Å². The van der Waals surface area contributed by atoms with Gasteiger partial charge >= 0.3 is 0 Å². The molecule has 0 fully saturated rings. The van der Waals surface area contributed by atoms with Crippen LogP contribution in [0.5, 0.6) is 0 Å². The molecule has 0 aromatic carbocycles. The topological polar surface area (TPSA) is 98.4 Å². The lowest BCUT2D eigenvalue weighted by atomic mass is 10.1. The van der Waals surface area contributed by atoms with Crippen LogP contribution in [0.15, 0.2) is 61.2 Å². The first-order valence-corrected chi connectivity index (χ1v) is 12.7. The molecular weight excluding hydrogens is 499 g/mol. The average molecular weight is 527 g/mol. The quantitative estimate of drug-likeness (QED) is 0.277. The molecule has 0 saturated carbocycles. The number of aromatic nitrogens is 6. The molecule has 0 amide bonds. The van der Waals surface area contributed by atoms with Gasteiger partial charge in [-0.05, 0) is 62.5 Å². The van der Waals surface area contributed by atoms with Crippen molar-refractivity contribution in [1.29, 1.82) is 0 Å². The SMILES string of the molecule is C=C(CN(C)C)Nc1cncc(/C(C)=C/C=c2/[nH]nc(-c3nc4nccc(-c5ccc(F)s5)c4[nH]3)c2=C)c1. The Morgan fingerprint density at radius 2 is 2.08 bits per heavy atom. The maximum absolute atomic E-state index is 13.6. The summed E-state index contributed by atoms with van der Waals surface area (Å²) in [6.07, 6.45) is 9.19. The molecule has 3 N–H and O–H groups in total. The summed E-state index contributed by atoms with van der Waals surface area (Å²) in [5, 5.41) is 12.0. The summed E-state index contributed by atoms with van der Waals surface area (Å²) in [5.74, 6) is 0.541. The minimum Gasteiger partial charge on any atom is -0.357 e. The Bertz CT molecular complexity index is 1780. The second-order valence-corrected chi connectivity index (χ2v) is 10.2. The van der Waals surface area contributed by atoms with Crippen molar-refractivity contribution in [2.24, 2.45) is 0 Å². The van der Waals surface area contributed by atoms with E-state index in [1.807, 2.05) is 56.4 Å². The Morgan fingerprint density at radius 1 is 1.24 bits per heavy atom. The lowest BCUT2D eigenvalue weighted by Gasteiger charge is -2.14. The molecule has 0 unspecified atom stereocenters. The van der Waals surface area contributed by atoms with E-state index < -0.39 is 0 Å². The van der Waals surface area contributed by atoms with E-state index in [0.29, 0.717) is 22.4 Å². The molecule has 0 aliphatic heterocycles. The van der Waals surface area contributed by atoms with Crippen LogP contribution in [0.4, 0.5) is 10.1 Å². The fourth-order valence-corrected chi connectivity index (χ4v) is 4.82. The van der Waals surface area contributed by atoms with Crippen LogP contribution < -0.4 is 15.9 Å². The number of likely N-dealkylation sites (N-methyl/N-ethyl adjacent to an activating group) is 1. The van der Waals surface area contributed by atoms with Gasteiger partial charge in [0.05, 0.1) is 22.8 Å². The summed E-state index contributed by atoms with van der Waals surface area (Å²) in [6, 6.07) is 7.08. The molecule has 0 radical (unpaired) electrons. The Balaban J connectivity index is 1.42. The smallest absolute Gasteiger partial charge is 0.178 e. The van der Waals surface area contributed by atoms with Gasteiger partial charge in [-0.2, -0.15) is 9.49 Å². The third-order valence-electron chi connectivity index (χ3n) is 5.88. The molecule has 5 heterocycles. The highest BCUT2D eigenvalue weighted by Crippen LogP contribution is 2.32. The summed E-state index contributed by atoms with van der Waals surface area (Å²) in [6.45, 7) is 11.0. The number of anilines is 1. The zero-order valence-electron chi connectivity index (χ0n) is 21.3. The van der Waals surface area contributed by atoms with Crippen LogP contribution in [0.3, 0.4) is 0 Å². The number of hydrogen-bond acceptors (Lipinski definition) is 7. The van der Waals surface area contributed by atoms with E-state index in [9.17, 15) is 4.39 Å². The first-order chi connectivity index (χ1) is 18.3. The number of fused-ring (bicyclic) bond motifs is 1. The van der Waals surface area contributed by atoms with E-state index in [-0.39, 0.29) is 5.13 Å². The minimum absolute atomic E-state index is 0.242. The number of thiophene rings is 1. The fraction of sp³-hybridized carbons (Fsp3) is 0.143. The third kappa shape index (κ3) is 5.31. The monoisotopic (exact) mass is 526 g/mol. The molecular formula is C28H27FN8S. The van der Waals surface area contributed by atoms with Crippen LogP contribution in [0.25, 0.3) is 51.4 Å². The van der Waals surface area contributed by atoms with Gasteiger partial charge < -0.3 is 15.2 Å². The molecule has 192 valence electrons. The lowest BCUT2D eigenvalue weighted by molar-refractivity contribution is 0.447. The zero-order chi connectivity index (χ0) is 26.8. The fourth-order valence-electron chi connectivity index (χ4n) is 4.05. The highest BCUT2D eigenvalue weighted by Gasteiger charge is 2.15. The number of rotatable bonds is 8. The zero-order valence-corrected chi connectivity index (χ0v) is 22.2. The van der Waals surface area contributed by atoms with Crippen molar-refractivity contribution in [3.05, 3.63) is 82.5 Å². The number of allylic oxidation sites excluding steroid dienone is 2. The van der Waals surface area contributed by atoms with Gasteiger partial charge in [0.2, 0.25) is 0 Å². The van der Waals surface area contributed by atoms with E-state index >= 15 is 0 Å². The second-order valence-electron chi connectivity index (χ2n) is 9.16. The number of pyridine rings is 2. The summed E-state index contributed by atoms with van der Waals surface area (Å²) in [4.78, 5) is 19.5. The van der Waals surface area contributed by atoms with E-state index in [1.54, 1.807) is 18.5 Å². The highest BCUT2D eigenvalue weighted by molar-refractivity contribution is 7.14. The molecule has 5 rings (SSSR count). The van der Waals surface area contributed by atoms with Crippen molar-refractivity contribution in [2.75, 3.05) is 26.0 Å². The van der Waals surface area contributed by atoms with Crippen LogP contribution in [0.1, 0.15) is 12.5 Å². The van der Waals surface area contributed by atoms with Gasteiger partial charge in [-0.25, -0.2) is 9.97 Å². The standard InChI is InChI=1S/C28H27FN8S/c1-16(19-12-20(14-30-13-19)32-17(2)15-37(4)5)6-7-22-18(3)25(36-35-22)28-33-26-21(10-11-31-27(26)34-28)23-8-9-24(29)38-23/h6-14,32,35H,2-3,15H2,1,4-5H3,(H,31,33,34)/b16-6+,22-7+. The van der Waals surface area contributed by atoms with Gasteiger partial charge in [0, 0.05) is 40.3 Å². The van der Waals surface area contributed by atoms with Gasteiger partial charge in [0.25, 0.3) is 0 Å². The third-order valence-corrected chi connectivity index (χ3v) is 6.78. The van der Waals surface area contributed by atoms with Crippen molar-refractivity contribution in [3.63, 3.8) is 0 Å². The van der Waals surface area contributed by atoms with Gasteiger partial charge in [0.15, 0.2) is 16.6 Å². The van der Waals surface area contributed by atoms with Crippen molar-refractivity contribution >= 4 is 46.4 Å². The van der Waals surface area contributed by atoms with E-state index in [2.05, 4.69) is 48.6 Å². The molecule has 0 saturated heterocycles. The molecule has 0 aliphatic rings. The highest BCUT2D eigenvalue weighted by atomic mass is 32.1. The molecule has 0 atom stereocenters. The van der Waals surface area contributed by atoms with Crippen LogP contribution in [-0.4, -0.2) is 55.7 Å². The first kappa shape index (κ1) is 25.2. The molecule has 5 aromatic rings. The van der Waals surface area contributed by atoms with Crippen LogP contribution in [0.2, 0.25) is 0 Å². The number of aromatic amines is 2. The molecule has 10 heteroatoms. The van der Waals surface area contributed by atoms with E-state index in [4.69, 9.17) is 0 Å². The van der Waals surface area contributed by atoms with Crippen molar-refractivity contribution in [1.82, 2.24) is 35.0 Å². The molecule has 0 aliphatic carbocycles. The largest absolute Gasteiger partial charge is 0.357 e. The van der Waals surface area contributed by atoms with Crippen molar-refractivity contribution in [3.8, 4) is 22.0 Å². The minimum atomic E-state index is -0.242.